The second-order valence-electron chi connectivity index (χ2n) is 3.65. The fraction of sp³-hybridized carbons (Fsp3) is 0.0769. The Hall–Kier alpha value is -2.43. The van der Waals surface area contributed by atoms with Gasteiger partial charge in [0.2, 0.25) is 5.82 Å². The van der Waals surface area contributed by atoms with Crippen LogP contribution in [0.5, 0.6) is 5.75 Å². The fourth-order valence-electron chi connectivity index (χ4n) is 1.62. The van der Waals surface area contributed by atoms with Gasteiger partial charge < -0.3 is 4.74 Å². The van der Waals surface area contributed by atoms with Gasteiger partial charge in [0, 0.05) is 6.07 Å². The Bertz CT molecular complexity index is 581. The van der Waals surface area contributed by atoms with Crippen LogP contribution in [0.4, 0.5) is 10.1 Å². The molecule has 0 unspecified atom stereocenters. The Kier molecular flexibility index (Phi) is 3.23. The monoisotopic (exact) mass is 247 g/mol. The summed E-state index contributed by atoms with van der Waals surface area (Å²) in [7, 11) is 1.55. The first-order valence-electron chi connectivity index (χ1n) is 5.20. The molecule has 0 saturated heterocycles. The molecule has 92 valence electrons. The number of hydrogen-bond acceptors (Lipinski definition) is 3. The predicted molar refractivity (Wildman–Crippen MR) is 65.0 cm³/mol. The zero-order valence-electron chi connectivity index (χ0n) is 9.59. The molecule has 0 heterocycles. The second kappa shape index (κ2) is 4.83. The molecule has 0 fully saturated rings. The third-order valence-corrected chi connectivity index (χ3v) is 2.57. The van der Waals surface area contributed by atoms with E-state index >= 15 is 0 Å². The van der Waals surface area contributed by atoms with Crippen molar-refractivity contribution < 1.29 is 14.1 Å². The number of nitro groups is 1. The zero-order valence-corrected chi connectivity index (χ0v) is 9.59. The Labute approximate surface area is 103 Å². The van der Waals surface area contributed by atoms with Crippen molar-refractivity contribution >= 4 is 5.69 Å². The molecule has 0 N–H and O–H groups in total. The van der Waals surface area contributed by atoms with Gasteiger partial charge in [-0.1, -0.05) is 18.2 Å². The lowest BCUT2D eigenvalue weighted by molar-refractivity contribution is -0.387. The van der Waals surface area contributed by atoms with Crippen LogP contribution < -0.4 is 4.74 Å². The van der Waals surface area contributed by atoms with E-state index in [4.69, 9.17) is 4.74 Å². The second-order valence-corrected chi connectivity index (χ2v) is 3.65. The summed E-state index contributed by atoms with van der Waals surface area (Å²) in [6, 6.07) is 10.8. The smallest absolute Gasteiger partial charge is 0.305 e. The maximum Gasteiger partial charge on any atom is 0.305 e. The summed E-state index contributed by atoms with van der Waals surface area (Å²) in [5.41, 5.74) is 0.827. The van der Waals surface area contributed by atoms with Gasteiger partial charge in [-0.25, -0.2) is 0 Å². The number of nitro benzene ring substituents is 1. The summed E-state index contributed by atoms with van der Waals surface area (Å²) in [4.78, 5) is 9.92. The number of hydrogen-bond donors (Lipinski definition) is 0. The van der Waals surface area contributed by atoms with Gasteiger partial charge in [-0.2, -0.15) is 4.39 Å². The largest absolute Gasteiger partial charge is 0.497 e. The number of halogens is 1. The van der Waals surface area contributed by atoms with Crippen LogP contribution in [-0.2, 0) is 0 Å². The molecule has 4 nitrogen and oxygen atoms in total. The third kappa shape index (κ3) is 2.29. The van der Waals surface area contributed by atoms with Crippen LogP contribution in [0.25, 0.3) is 11.1 Å². The van der Waals surface area contributed by atoms with Crippen LogP contribution in [0.3, 0.4) is 0 Å². The van der Waals surface area contributed by atoms with E-state index in [1.807, 2.05) is 0 Å². The lowest BCUT2D eigenvalue weighted by Crippen LogP contribution is -1.92. The maximum absolute atomic E-state index is 13.2. The molecule has 18 heavy (non-hydrogen) atoms. The highest BCUT2D eigenvalue weighted by molar-refractivity contribution is 5.66. The molecule has 0 aliphatic heterocycles. The number of methoxy groups -OCH3 is 1. The number of benzene rings is 2. The minimum atomic E-state index is -0.836. The molecule has 2 rings (SSSR count). The maximum atomic E-state index is 13.2. The number of rotatable bonds is 3. The van der Waals surface area contributed by atoms with Gasteiger partial charge in [0.05, 0.1) is 12.0 Å². The van der Waals surface area contributed by atoms with Crippen molar-refractivity contribution in [3.63, 3.8) is 0 Å². The molecule has 0 atom stereocenters. The molecule has 0 aromatic heterocycles. The molecule has 0 radical (unpaired) electrons. The first kappa shape index (κ1) is 12.0. The minimum Gasteiger partial charge on any atom is -0.497 e. The van der Waals surface area contributed by atoms with Gasteiger partial charge in [0.1, 0.15) is 5.75 Å². The van der Waals surface area contributed by atoms with Gasteiger partial charge in [0.15, 0.2) is 0 Å². The SMILES string of the molecule is COc1ccc(-c2ccc(F)c([N+](=O)[O-])c2)cc1. The van der Waals surface area contributed by atoms with E-state index in [9.17, 15) is 14.5 Å². The molecular weight excluding hydrogens is 237 g/mol. The Morgan fingerprint density at radius 2 is 1.72 bits per heavy atom. The summed E-state index contributed by atoms with van der Waals surface area (Å²) < 4.78 is 18.2. The number of nitrogens with zero attached hydrogens (tertiary/aromatic N) is 1. The Morgan fingerprint density at radius 1 is 1.11 bits per heavy atom. The summed E-state index contributed by atoms with van der Waals surface area (Å²) in [6.07, 6.45) is 0. The lowest BCUT2D eigenvalue weighted by Gasteiger charge is -2.04. The fourth-order valence-corrected chi connectivity index (χ4v) is 1.62. The topological polar surface area (TPSA) is 52.4 Å². The Balaban J connectivity index is 2.44. The van der Waals surface area contributed by atoms with Crippen LogP contribution in [-0.4, -0.2) is 12.0 Å². The molecule has 2 aromatic rings. The average Bonchev–Trinajstić information content (AvgIpc) is 2.39. The Morgan fingerprint density at radius 3 is 2.28 bits per heavy atom. The van der Waals surface area contributed by atoms with E-state index in [0.717, 1.165) is 11.6 Å². The summed E-state index contributed by atoms with van der Waals surface area (Å²) in [6.45, 7) is 0. The van der Waals surface area contributed by atoms with Crippen molar-refractivity contribution in [2.24, 2.45) is 0 Å². The molecular formula is C13H10FNO3. The van der Waals surface area contributed by atoms with E-state index in [1.165, 1.54) is 12.1 Å². The molecule has 0 saturated carbocycles. The predicted octanol–water partition coefficient (Wildman–Crippen LogP) is 3.41. The summed E-state index contributed by atoms with van der Waals surface area (Å²) in [5.74, 6) is -0.146. The molecule has 0 aliphatic rings. The van der Waals surface area contributed by atoms with Crippen molar-refractivity contribution in [1.82, 2.24) is 0 Å². The zero-order chi connectivity index (χ0) is 13.1. The van der Waals surface area contributed by atoms with Gasteiger partial charge in [-0.3, -0.25) is 10.1 Å². The first-order chi connectivity index (χ1) is 8.61. The molecule has 0 spiro atoms. The number of ether oxygens (including phenoxy) is 1. The van der Waals surface area contributed by atoms with E-state index in [0.29, 0.717) is 11.3 Å². The van der Waals surface area contributed by atoms with Crippen molar-refractivity contribution in [3.8, 4) is 16.9 Å². The van der Waals surface area contributed by atoms with Crippen molar-refractivity contribution in [2.45, 2.75) is 0 Å². The van der Waals surface area contributed by atoms with E-state index in [-0.39, 0.29) is 0 Å². The third-order valence-electron chi connectivity index (χ3n) is 2.57. The minimum absolute atomic E-state index is 0.525. The molecule has 0 aliphatic carbocycles. The van der Waals surface area contributed by atoms with Crippen LogP contribution >= 0.6 is 0 Å². The van der Waals surface area contributed by atoms with Gasteiger partial charge in [-0.05, 0) is 29.3 Å². The normalized spacial score (nSPS) is 10.1. The summed E-state index contributed by atoms with van der Waals surface area (Å²) in [5, 5.41) is 10.7. The van der Waals surface area contributed by atoms with Gasteiger partial charge >= 0.3 is 5.69 Å². The van der Waals surface area contributed by atoms with Crippen molar-refractivity contribution in [1.29, 1.82) is 0 Å². The first-order valence-corrected chi connectivity index (χ1v) is 5.20. The van der Waals surface area contributed by atoms with E-state index in [1.54, 1.807) is 31.4 Å². The molecule has 5 heteroatoms. The van der Waals surface area contributed by atoms with Gasteiger partial charge in [0.25, 0.3) is 0 Å². The highest BCUT2D eigenvalue weighted by Crippen LogP contribution is 2.27. The molecule has 2 aromatic carbocycles. The van der Waals surface area contributed by atoms with E-state index < -0.39 is 16.4 Å². The highest BCUT2D eigenvalue weighted by Gasteiger charge is 2.14. The average molecular weight is 247 g/mol. The van der Waals surface area contributed by atoms with Gasteiger partial charge in [-0.15, -0.1) is 0 Å². The molecule has 0 bridgehead atoms. The van der Waals surface area contributed by atoms with E-state index in [2.05, 4.69) is 0 Å². The quantitative estimate of drug-likeness (QED) is 0.617. The van der Waals surface area contributed by atoms with Crippen molar-refractivity contribution in [3.05, 3.63) is 58.4 Å². The van der Waals surface area contributed by atoms with Crippen LogP contribution in [0.1, 0.15) is 0 Å². The molecule has 0 amide bonds. The van der Waals surface area contributed by atoms with Crippen molar-refractivity contribution in [2.75, 3.05) is 7.11 Å². The van der Waals surface area contributed by atoms with Crippen LogP contribution in [0, 0.1) is 15.9 Å². The van der Waals surface area contributed by atoms with Crippen LogP contribution in [0.2, 0.25) is 0 Å². The summed E-state index contributed by atoms with van der Waals surface area (Å²) >= 11 is 0. The highest BCUT2D eigenvalue weighted by atomic mass is 19.1. The standard InChI is InChI=1S/C13H10FNO3/c1-18-11-5-2-9(3-6-11)10-4-7-12(14)13(8-10)15(16)17/h2-8H,1H3. The lowest BCUT2D eigenvalue weighted by atomic mass is 10.0. The van der Waals surface area contributed by atoms with Crippen LogP contribution in [0.15, 0.2) is 42.5 Å².